The standard InChI is InChI=1S/C10H17F2NO2.C2H6/c1-7-5-10(11,12)6-13(7)8(14)15-9(2,3)4;1-2/h7H,5-6H2,1-4H3;1-2H3. The molecule has 0 aromatic rings. The molecule has 3 nitrogen and oxygen atoms in total. The summed E-state index contributed by atoms with van der Waals surface area (Å²) in [6.07, 6.45) is -0.945. The molecule has 17 heavy (non-hydrogen) atoms. The fraction of sp³-hybridized carbons (Fsp3) is 0.917. The van der Waals surface area contributed by atoms with Crippen LogP contribution >= 0.6 is 0 Å². The van der Waals surface area contributed by atoms with E-state index in [-0.39, 0.29) is 6.42 Å². The Bertz CT molecular complexity index is 262. The van der Waals surface area contributed by atoms with Gasteiger partial charge < -0.3 is 4.74 Å². The molecule has 0 radical (unpaired) electrons. The number of amides is 1. The Morgan fingerprint density at radius 1 is 1.35 bits per heavy atom. The number of hydrogen-bond donors (Lipinski definition) is 0. The molecule has 0 aromatic carbocycles. The second-order valence-corrected chi connectivity index (χ2v) is 5.02. The molecule has 5 heteroatoms. The van der Waals surface area contributed by atoms with Gasteiger partial charge >= 0.3 is 6.09 Å². The summed E-state index contributed by atoms with van der Waals surface area (Å²) < 4.78 is 31.0. The summed E-state index contributed by atoms with van der Waals surface area (Å²) in [6.45, 7) is 10.2. The molecule has 0 saturated carbocycles. The van der Waals surface area contributed by atoms with Crippen molar-refractivity contribution in [2.24, 2.45) is 0 Å². The van der Waals surface area contributed by atoms with Gasteiger partial charge in [0.05, 0.1) is 6.54 Å². The molecule has 0 N–H and O–H groups in total. The van der Waals surface area contributed by atoms with Crippen molar-refractivity contribution in [3.63, 3.8) is 0 Å². The number of carbonyl (C=O) groups is 1. The summed E-state index contributed by atoms with van der Waals surface area (Å²) in [6, 6.07) is -0.463. The first-order valence-electron chi connectivity index (χ1n) is 5.98. The molecule has 1 unspecified atom stereocenters. The topological polar surface area (TPSA) is 29.5 Å². The molecule has 1 aliphatic heterocycles. The van der Waals surface area contributed by atoms with Crippen molar-refractivity contribution in [2.45, 2.75) is 65.5 Å². The zero-order valence-corrected chi connectivity index (χ0v) is 11.5. The molecule has 0 aromatic heterocycles. The van der Waals surface area contributed by atoms with Gasteiger partial charge in [-0.2, -0.15) is 0 Å². The second-order valence-electron chi connectivity index (χ2n) is 5.02. The highest BCUT2D eigenvalue weighted by Crippen LogP contribution is 2.32. The van der Waals surface area contributed by atoms with E-state index < -0.39 is 30.2 Å². The third kappa shape index (κ3) is 5.33. The van der Waals surface area contributed by atoms with Crippen LogP contribution in [0, 0.1) is 0 Å². The first-order chi connectivity index (χ1) is 7.61. The van der Waals surface area contributed by atoms with Gasteiger partial charge in [-0.05, 0) is 27.7 Å². The van der Waals surface area contributed by atoms with Crippen LogP contribution in [0.2, 0.25) is 0 Å². The highest BCUT2D eigenvalue weighted by atomic mass is 19.3. The van der Waals surface area contributed by atoms with Crippen molar-refractivity contribution in [2.75, 3.05) is 6.54 Å². The van der Waals surface area contributed by atoms with Gasteiger partial charge in [0.25, 0.3) is 5.92 Å². The van der Waals surface area contributed by atoms with E-state index >= 15 is 0 Å². The molecule has 1 aliphatic rings. The molecule has 1 heterocycles. The Morgan fingerprint density at radius 3 is 2.12 bits per heavy atom. The van der Waals surface area contributed by atoms with E-state index in [1.54, 1.807) is 27.7 Å². The molecule has 0 aliphatic carbocycles. The van der Waals surface area contributed by atoms with Crippen LogP contribution < -0.4 is 0 Å². The fourth-order valence-electron chi connectivity index (χ4n) is 1.58. The maximum atomic E-state index is 13.0. The number of hydrogen-bond acceptors (Lipinski definition) is 2. The van der Waals surface area contributed by atoms with Crippen LogP contribution in [0.5, 0.6) is 0 Å². The molecule has 1 amide bonds. The Balaban J connectivity index is 0.00000121. The minimum atomic E-state index is -2.78. The van der Waals surface area contributed by atoms with E-state index in [0.717, 1.165) is 4.90 Å². The second kappa shape index (κ2) is 5.65. The van der Waals surface area contributed by atoms with Crippen LogP contribution in [0.15, 0.2) is 0 Å². The van der Waals surface area contributed by atoms with Crippen molar-refractivity contribution in [1.29, 1.82) is 0 Å². The molecule has 102 valence electrons. The number of likely N-dealkylation sites (tertiary alicyclic amines) is 1. The van der Waals surface area contributed by atoms with Gasteiger partial charge in [-0.15, -0.1) is 0 Å². The Labute approximate surface area is 102 Å². The summed E-state index contributed by atoms with van der Waals surface area (Å²) in [5, 5.41) is 0. The normalized spacial score (nSPS) is 22.8. The number of rotatable bonds is 0. The molecule has 1 atom stereocenters. The van der Waals surface area contributed by atoms with Crippen LogP contribution in [0.1, 0.15) is 48.0 Å². The van der Waals surface area contributed by atoms with Crippen LogP contribution in [-0.2, 0) is 4.74 Å². The lowest BCUT2D eigenvalue weighted by Crippen LogP contribution is -2.39. The van der Waals surface area contributed by atoms with E-state index in [9.17, 15) is 13.6 Å². The highest BCUT2D eigenvalue weighted by molar-refractivity contribution is 5.69. The third-order valence-corrected chi connectivity index (χ3v) is 2.16. The molecule has 0 bridgehead atoms. The van der Waals surface area contributed by atoms with E-state index in [1.165, 1.54) is 0 Å². The minimum Gasteiger partial charge on any atom is -0.444 e. The molecule has 1 rings (SSSR count). The maximum Gasteiger partial charge on any atom is 0.410 e. The SMILES string of the molecule is CC.CC1CC(F)(F)CN1C(=O)OC(C)(C)C. The van der Waals surface area contributed by atoms with Gasteiger partial charge in [0.2, 0.25) is 0 Å². The highest BCUT2D eigenvalue weighted by Gasteiger charge is 2.46. The quantitative estimate of drug-likeness (QED) is 0.657. The van der Waals surface area contributed by atoms with Crippen LogP contribution in [0.3, 0.4) is 0 Å². The summed E-state index contributed by atoms with van der Waals surface area (Å²) in [5.74, 6) is -2.78. The minimum absolute atomic E-state index is 0.285. The largest absolute Gasteiger partial charge is 0.444 e. The van der Waals surface area contributed by atoms with Gasteiger partial charge in [-0.3, -0.25) is 4.90 Å². The van der Waals surface area contributed by atoms with Crippen LogP contribution in [0.4, 0.5) is 13.6 Å². The molecule has 1 fully saturated rings. The maximum absolute atomic E-state index is 13.0. The Hall–Kier alpha value is -0.870. The van der Waals surface area contributed by atoms with E-state index in [0.29, 0.717) is 0 Å². The molecule has 1 saturated heterocycles. The first-order valence-corrected chi connectivity index (χ1v) is 5.98. The lowest BCUT2D eigenvalue weighted by atomic mass is 10.2. The lowest BCUT2D eigenvalue weighted by molar-refractivity contribution is -0.00231. The van der Waals surface area contributed by atoms with Gasteiger partial charge in [0.15, 0.2) is 0 Å². The predicted octanol–water partition coefficient (Wildman–Crippen LogP) is 3.68. The smallest absolute Gasteiger partial charge is 0.410 e. The average Bonchev–Trinajstić information content (AvgIpc) is 2.40. The molecule has 0 spiro atoms. The average molecular weight is 251 g/mol. The van der Waals surface area contributed by atoms with Gasteiger partial charge in [0, 0.05) is 12.5 Å². The Morgan fingerprint density at radius 2 is 1.82 bits per heavy atom. The van der Waals surface area contributed by atoms with Crippen molar-refractivity contribution >= 4 is 6.09 Å². The number of ether oxygens (including phenoxy) is 1. The summed E-state index contributed by atoms with van der Waals surface area (Å²) in [7, 11) is 0. The fourth-order valence-corrected chi connectivity index (χ4v) is 1.58. The van der Waals surface area contributed by atoms with E-state index in [2.05, 4.69) is 0 Å². The lowest BCUT2D eigenvalue weighted by Gasteiger charge is -2.26. The summed E-state index contributed by atoms with van der Waals surface area (Å²) >= 11 is 0. The predicted molar refractivity (Wildman–Crippen MR) is 63.3 cm³/mol. The van der Waals surface area contributed by atoms with Gasteiger partial charge in [0.1, 0.15) is 5.60 Å². The summed E-state index contributed by atoms with van der Waals surface area (Å²) in [4.78, 5) is 12.6. The Kier molecular flexibility index (Phi) is 5.36. The molecular weight excluding hydrogens is 228 g/mol. The molecular formula is C12H23F2NO2. The van der Waals surface area contributed by atoms with Gasteiger partial charge in [-0.1, -0.05) is 13.8 Å². The summed E-state index contributed by atoms with van der Waals surface area (Å²) in [5.41, 5.74) is -0.644. The first kappa shape index (κ1) is 16.1. The zero-order valence-electron chi connectivity index (χ0n) is 11.5. The van der Waals surface area contributed by atoms with Crippen molar-refractivity contribution in [3.05, 3.63) is 0 Å². The number of halogens is 2. The van der Waals surface area contributed by atoms with Gasteiger partial charge in [-0.25, -0.2) is 13.6 Å². The number of carbonyl (C=O) groups excluding carboxylic acids is 1. The van der Waals surface area contributed by atoms with Crippen molar-refractivity contribution in [3.8, 4) is 0 Å². The van der Waals surface area contributed by atoms with Crippen molar-refractivity contribution < 1.29 is 18.3 Å². The van der Waals surface area contributed by atoms with Crippen molar-refractivity contribution in [1.82, 2.24) is 4.90 Å². The number of nitrogens with zero attached hydrogens (tertiary/aromatic N) is 1. The number of alkyl halides is 2. The van der Waals surface area contributed by atoms with Crippen LogP contribution in [0.25, 0.3) is 0 Å². The third-order valence-electron chi connectivity index (χ3n) is 2.16. The van der Waals surface area contributed by atoms with E-state index in [4.69, 9.17) is 4.74 Å². The monoisotopic (exact) mass is 251 g/mol. The van der Waals surface area contributed by atoms with Crippen LogP contribution in [-0.4, -0.2) is 35.1 Å². The van der Waals surface area contributed by atoms with E-state index in [1.807, 2.05) is 13.8 Å². The zero-order chi connectivity index (χ0) is 13.9.